The van der Waals surface area contributed by atoms with Crippen LogP contribution in [0.25, 0.3) is 0 Å². The lowest BCUT2D eigenvalue weighted by atomic mass is 9.94. The summed E-state index contributed by atoms with van der Waals surface area (Å²) in [4.78, 5) is 0. The zero-order valence-electron chi connectivity index (χ0n) is 14.5. The van der Waals surface area contributed by atoms with E-state index in [1.54, 1.807) is 0 Å². The maximum atomic E-state index is 9.08. The lowest BCUT2D eigenvalue weighted by molar-refractivity contribution is 0.175. The number of aliphatic hydroxyl groups is 2. The van der Waals surface area contributed by atoms with Gasteiger partial charge in [0, 0.05) is 18.8 Å². The van der Waals surface area contributed by atoms with Crippen LogP contribution in [0.2, 0.25) is 0 Å². The fourth-order valence-corrected chi connectivity index (χ4v) is 2.80. The van der Waals surface area contributed by atoms with Gasteiger partial charge in [-0.1, -0.05) is 64.7 Å². The molecule has 0 aliphatic rings. The molecule has 3 N–H and O–H groups in total. The van der Waals surface area contributed by atoms with E-state index < -0.39 is 0 Å². The Kier molecular flexibility index (Phi) is 14.7. The van der Waals surface area contributed by atoms with Crippen molar-refractivity contribution in [3.8, 4) is 0 Å². The van der Waals surface area contributed by atoms with Gasteiger partial charge in [-0.25, -0.2) is 0 Å². The average molecular weight is 302 g/mol. The number of unbranched alkanes of at least 4 members (excludes halogenated alkanes) is 9. The van der Waals surface area contributed by atoms with Crippen LogP contribution in [-0.2, 0) is 0 Å². The third-order valence-corrected chi connectivity index (χ3v) is 4.41. The van der Waals surface area contributed by atoms with Crippen molar-refractivity contribution in [3.05, 3.63) is 0 Å². The Bertz CT molecular complexity index is 203. The smallest absolute Gasteiger partial charge is 0.0448 e. The topological polar surface area (TPSA) is 52.5 Å². The molecule has 0 atom stereocenters. The van der Waals surface area contributed by atoms with Gasteiger partial charge < -0.3 is 15.5 Å². The second-order valence-electron chi connectivity index (χ2n) is 6.62. The van der Waals surface area contributed by atoms with E-state index in [-0.39, 0.29) is 18.8 Å². The van der Waals surface area contributed by atoms with Crippen LogP contribution in [-0.4, -0.2) is 35.5 Å². The molecule has 0 aromatic heterocycles. The van der Waals surface area contributed by atoms with Crippen molar-refractivity contribution < 1.29 is 10.2 Å². The molecule has 0 aromatic rings. The zero-order chi connectivity index (χ0) is 15.8. The van der Waals surface area contributed by atoms with Gasteiger partial charge in [0.2, 0.25) is 0 Å². The van der Waals surface area contributed by atoms with Crippen molar-refractivity contribution in [1.29, 1.82) is 0 Å². The molecule has 0 spiro atoms. The Morgan fingerprint density at radius 1 is 0.714 bits per heavy atom. The molecule has 0 amide bonds. The van der Waals surface area contributed by atoms with E-state index in [2.05, 4.69) is 19.2 Å². The second kappa shape index (κ2) is 14.8. The fourth-order valence-electron chi connectivity index (χ4n) is 2.80. The van der Waals surface area contributed by atoms with Crippen molar-refractivity contribution >= 4 is 0 Å². The molecule has 3 heteroatoms. The Labute approximate surface area is 132 Å². The molecule has 0 saturated heterocycles. The highest BCUT2D eigenvalue weighted by atomic mass is 16.3. The van der Waals surface area contributed by atoms with Crippen LogP contribution in [0.15, 0.2) is 0 Å². The molecule has 0 saturated carbocycles. The van der Waals surface area contributed by atoms with Gasteiger partial charge in [0.05, 0.1) is 0 Å². The second-order valence-corrected chi connectivity index (χ2v) is 6.62. The zero-order valence-corrected chi connectivity index (χ0v) is 14.5. The van der Waals surface area contributed by atoms with E-state index in [0.717, 1.165) is 6.54 Å². The summed E-state index contributed by atoms with van der Waals surface area (Å²) < 4.78 is 0. The summed E-state index contributed by atoms with van der Waals surface area (Å²) in [6.45, 7) is 5.71. The molecule has 0 aromatic carbocycles. The predicted octanol–water partition coefficient (Wildman–Crippen LogP) is 4.02. The average Bonchev–Trinajstić information content (AvgIpc) is 2.45. The summed E-state index contributed by atoms with van der Waals surface area (Å²) in [5, 5.41) is 21.7. The quantitative estimate of drug-likeness (QED) is 0.377. The fraction of sp³-hybridized carbons (Fsp3) is 1.00. The highest BCUT2D eigenvalue weighted by molar-refractivity contribution is 4.82. The molecule has 3 nitrogen and oxygen atoms in total. The molecule has 0 aliphatic carbocycles. The van der Waals surface area contributed by atoms with E-state index in [1.165, 1.54) is 64.2 Å². The normalized spacial score (nSPS) is 12.0. The highest BCUT2D eigenvalue weighted by Crippen LogP contribution is 2.14. The number of hydrogen-bond donors (Lipinski definition) is 3. The summed E-state index contributed by atoms with van der Waals surface area (Å²) in [6.07, 6.45) is 15.0. The van der Waals surface area contributed by atoms with E-state index in [4.69, 9.17) is 10.2 Å². The number of hydrogen-bond acceptors (Lipinski definition) is 3. The predicted molar refractivity (Wildman–Crippen MR) is 91.7 cm³/mol. The summed E-state index contributed by atoms with van der Waals surface area (Å²) >= 11 is 0. The summed E-state index contributed by atoms with van der Waals surface area (Å²) in [5.74, 6) is 0. The first-order valence-electron chi connectivity index (χ1n) is 9.15. The molecule has 0 bridgehead atoms. The summed E-state index contributed by atoms with van der Waals surface area (Å²) in [5.41, 5.74) is -0.108. The van der Waals surface area contributed by atoms with Gasteiger partial charge in [-0.3, -0.25) is 0 Å². The Balaban J connectivity index is 3.37. The lowest BCUT2D eigenvalue weighted by Gasteiger charge is -2.30. The molecule has 0 radical (unpaired) electrons. The molecule has 0 unspecified atom stereocenters. The van der Waals surface area contributed by atoms with Gasteiger partial charge in [0.1, 0.15) is 0 Å². The number of aliphatic hydroxyl groups excluding tert-OH is 2. The molecular weight excluding hydrogens is 262 g/mol. The first kappa shape index (κ1) is 20.9. The highest BCUT2D eigenvalue weighted by Gasteiger charge is 2.21. The van der Waals surface area contributed by atoms with Crippen molar-refractivity contribution in [1.82, 2.24) is 5.32 Å². The Hall–Kier alpha value is -0.120. The summed E-state index contributed by atoms with van der Waals surface area (Å²) in [7, 11) is 0. The third-order valence-electron chi connectivity index (χ3n) is 4.41. The molecule has 0 aliphatic heterocycles. The van der Waals surface area contributed by atoms with Crippen LogP contribution in [0.1, 0.15) is 90.9 Å². The molecule has 0 heterocycles. The van der Waals surface area contributed by atoms with Crippen molar-refractivity contribution in [2.45, 2.75) is 96.4 Å². The Morgan fingerprint density at radius 3 is 1.57 bits per heavy atom. The van der Waals surface area contributed by atoms with Gasteiger partial charge in [0.15, 0.2) is 0 Å². The number of rotatable bonds is 16. The largest absolute Gasteiger partial charge is 0.396 e. The van der Waals surface area contributed by atoms with Crippen molar-refractivity contribution in [3.63, 3.8) is 0 Å². The van der Waals surface area contributed by atoms with Gasteiger partial charge in [0.25, 0.3) is 0 Å². The van der Waals surface area contributed by atoms with Gasteiger partial charge in [-0.15, -0.1) is 0 Å². The molecule has 0 rings (SSSR count). The molecule has 128 valence electrons. The first-order chi connectivity index (χ1) is 10.2. The van der Waals surface area contributed by atoms with Crippen LogP contribution in [0.3, 0.4) is 0 Å². The maximum absolute atomic E-state index is 9.08. The van der Waals surface area contributed by atoms with E-state index in [0.29, 0.717) is 12.8 Å². The van der Waals surface area contributed by atoms with Crippen molar-refractivity contribution in [2.24, 2.45) is 0 Å². The summed E-state index contributed by atoms with van der Waals surface area (Å²) in [6, 6.07) is 0. The van der Waals surface area contributed by atoms with Crippen LogP contribution in [0, 0.1) is 0 Å². The maximum Gasteiger partial charge on any atom is 0.0448 e. The van der Waals surface area contributed by atoms with E-state index in [9.17, 15) is 0 Å². The molecule has 21 heavy (non-hydrogen) atoms. The lowest BCUT2D eigenvalue weighted by Crippen LogP contribution is -2.44. The molecule has 0 fully saturated rings. The number of nitrogens with one attached hydrogen (secondary N) is 1. The SMILES string of the molecule is CCCCCCCCCCCCNC(C)(CCO)CCO. The van der Waals surface area contributed by atoms with Gasteiger partial charge in [-0.2, -0.15) is 0 Å². The monoisotopic (exact) mass is 301 g/mol. The minimum atomic E-state index is -0.108. The third kappa shape index (κ3) is 13.3. The first-order valence-corrected chi connectivity index (χ1v) is 9.15. The molecular formula is C18H39NO2. The Morgan fingerprint density at radius 2 is 1.14 bits per heavy atom. The minimum absolute atomic E-state index is 0.108. The van der Waals surface area contributed by atoms with Crippen LogP contribution < -0.4 is 5.32 Å². The van der Waals surface area contributed by atoms with Crippen LogP contribution >= 0.6 is 0 Å². The standard InChI is InChI=1S/C18H39NO2/c1-3-4-5-6-7-8-9-10-11-12-15-19-18(2,13-16-20)14-17-21/h19-21H,3-17H2,1-2H3. The van der Waals surface area contributed by atoms with E-state index in [1.807, 2.05) is 0 Å². The van der Waals surface area contributed by atoms with Crippen molar-refractivity contribution in [2.75, 3.05) is 19.8 Å². The van der Waals surface area contributed by atoms with Crippen LogP contribution in [0.5, 0.6) is 0 Å². The van der Waals surface area contributed by atoms with E-state index >= 15 is 0 Å². The van der Waals surface area contributed by atoms with Crippen LogP contribution in [0.4, 0.5) is 0 Å². The van der Waals surface area contributed by atoms with Gasteiger partial charge >= 0.3 is 0 Å². The minimum Gasteiger partial charge on any atom is -0.396 e. The van der Waals surface area contributed by atoms with Gasteiger partial charge in [-0.05, 0) is 32.7 Å².